The maximum Gasteiger partial charge on any atom is 0.141 e. The minimum Gasteiger partial charge on any atom is -0.385 e. The summed E-state index contributed by atoms with van der Waals surface area (Å²) in [6.45, 7) is 4.23. The molecule has 0 spiro atoms. The van der Waals surface area contributed by atoms with Crippen molar-refractivity contribution in [1.82, 2.24) is 0 Å². The molecule has 0 fully saturated rings. The zero-order chi connectivity index (χ0) is 11.1. The van der Waals surface area contributed by atoms with Gasteiger partial charge in [0.2, 0.25) is 0 Å². The molecular weight excluding hydrogens is 217 g/mol. The Balaban J connectivity index is 2.28. The molecular formula is C11H15ClFNO. The largest absolute Gasteiger partial charge is 0.385 e. The summed E-state index contributed by atoms with van der Waals surface area (Å²) in [5.74, 6) is -0.392. The first kappa shape index (κ1) is 12.3. The number of rotatable bonds is 6. The molecule has 0 radical (unpaired) electrons. The molecule has 0 aliphatic carbocycles. The van der Waals surface area contributed by atoms with Crippen LogP contribution in [-0.2, 0) is 4.74 Å². The maximum absolute atomic E-state index is 12.8. The molecule has 1 rings (SSSR count). The van der Waals surface area contributed by atoms with Gasteiger partial charge in [0, 0.05) is 25.4 Å². The topological polar surface area (TPSA) is 21.3 Å². The third kappa shape index (κ3) is 4.49. The summed E-state index contributed by atoms with van der Waals surface area (Å²) in [4.78, 5) is 0. The lowest BCUT2D eigenvalue weighted by molar-refractivity contribution is 0.147. The second-order valence-electron chi connectivity index (χ2n) is 3.11. The molecule has 0 saturated heterocycles. The summed E-state index contributed by atoms with van der Waals surface area (Å²) >= 11 is 5.64. The van der Waals surface area contributed by atoms with E-state index in [1.807, 2.05) is 6.92 Å². The molecule has 2 nitrogen and oxygen atoms in total. The van der Waals surface area contributed by atoms with Crippen molar-refractivity contribution in [3.63, 3.8) is 0 Å². The Morgan fingerprint density at radius 2 is 2.27 bits per heavy atom. The van der Waals surface area contributed by atoms with E-state index in [0.29, 0.717) is 0 Å². The molecule has 1 N–H and O–H groups in total. The monoisotopic (exact) mass is 231 g/mol. The second-order valence-corrected chi connectivity index (χ2v) is 3.51. The molecule has 0 aromatic heterocycles. The van der Waals surface area contributed by atoms with E-state index >= 15 is 0 Å². The summed E-state index contributed by atoms with van der Waals surface area (Å²) in [5, 5.41) is 3.28. The number of hydrogen-bond acceptors (Lipinski definition) is 2. The fourth-order valence-corrected chi connectivity index (χ4v) is 1.34. The Kier molecular flexibility index (Phi) is 5.43. The first-order valence-corrected chi connectivity index (χ1v) is 5.38. The number of halogens is 2. The smallest absolute Gasteiger partial charge is 0.141 e. The average molecular weight is 232 g/mol. The van der Waals surface area contributed by atoms with Crippen LogP contribution in [0.4, 0.5) is 10.1 Å². The van der Waals surface area contributed by atoms with Crippen molar-refractivity contribution < 1.29 is 9.13 Å². The molecule has 1 aromatic carbocycles. The Labute approximate surface area is 94.4 Å². The van der Waals surface area contributed by atoms with Crippen molar-refractivity contribution >= 4 is 17.3 Å². The first-order valence-electron chi connectivity index (χ1n) is 5.00. The molecule has 0 aliphatic rings. The molecule has 0 aliphatic heterocycles. The highest BCUT2D eigenvalue weighted by Crippen LogP contribution is 2.19. The third-order valence-corrected chi connectivity index (χ3v) is 2.21. The van der Waals surface area contributed by atoms with E-state index < -0.39 is 5.82 Å². The Hall–Kier alpha value is -0.800. The fourth-order valence-electron chi connectivity index (χ4n) is 1.16. The minimum absolute atomic E-state index is 0.143. The highest BCUT2D eigenvalue weighted by atomic mass is 35.5. The fraction of sp³-hybridized carbons (Fsp3) is 0.455. The zero-order valence-electron chi connectivity index (χ0n) is 8.72. The Bertz CT molecular complexity index is 307. The van der Waals surface area contributed by atoms with Gasteiger partial charge in [0.25, 0.3) is 0 Å². The summed E-state index contributed by atoms with van der Waals surface area (Å²) in [7, 11) is 0. The van der Waals surface area contributed by atoms with E-state index in [-0.39, 0.29) is 5.02 Å². The zero-order valence-corrected chi connectivity index (χ0v) is 9.48. The van der Waals surface area contributed by atoms with Crippen LogP contribution in [0.5, 0.6) is 0 Å². The van der Waals surface area contributed by atoms with Crippen LogP contribution >= 0.6 is 11.6 Å². The van der Waals surface area contributed by atoms with Gasteiger partial charge in [0.15, 0.2) is 0 Å². The maximum atomic E-state index is 12.8. The predicted molar refractivity (Wildman–Crippen MR) is 61.0 cm³/mol. The van der Waals surface area contributed by atoms with Gasteiger partial charge >= 0.3 is 0 Å². The number of benzene rings is 1. The summed E-state index contributed by atoms with van der Waals surface area (Å²) in [5.41, 5.74) is 0.831. The van der Waals surface area contributed by atoms with E-state index in [0.717, 1.165) is 31.9 Å². The number of anilines is 1. The molecule has 0 heterocycles. The van der Waals surface area contributed by atoms with Gasteiger partial charge in [-0.2, -0.15) is 0 Å². The highest BCUT2D eigenvalue weighted by Gasteiger charge is 1.99. The average Bonchev–Trinajstić information content (AvgIpc) is 2.23. The third-order valence-electron chi connectivity index (χ3n) is 1.92. The molecule has 0 bridgehead atoms. The van der Waals surface area contributed by atoms with Crippen molar-refractivity contribution in [1.29, 1.82) is 0 Å². The van der Waals surface area contributed by atoms with Gasteiger partial charge in [-0.3, -0.25) is 0 Å². The second kappa shape index (κ2) is 6.64. The number of ether oxygens (including phenoxy) is 1. The number of hydrogen-bond donors (Lipinski definition) is 1. The minimum atomic E-state index is -0.392. The molecule has 0 atom stereocenters. The lowest BCUT2D eigenvalue weighted by atomic mass is 10.3. The molecule has 84 valence electrons. The van der Waals surface area contributed by atoms with Crippen LogP contribution in [0.2, 0.25) is 5.02 Å². The summed E-state index contributed by atoms with van der Waals surface area (Å²) in [6, 6.07) is 4.60. The van der Waals surface area contributed by atoms with Crippen LogP contribution in [-0.4, -0.2) is 19.8 Å². The highest BCUT2D eigenvalue weighted by molar-refractivity contribution is 6.31. The van der Waals surface area contributed by atoms with E-state index in [2.05, 4.69) is 5.32 Å². The van der Waals surface area contributed by atoms with Crippen molar-refractivity contribution in [2.45, 2.75) is 13.3 Å². The molecule has 0 amide bonds. The van der Waals surface area contributed by atoms with Crippen molar-refractivity contribution in [2.75, 3.05) is 25.1 Å². The standard InChI is InChI=1S/C11H15ClFNO/c1-2-15-7-3-6-14-9-4-5-11(13)10(12)8-9/h4-5,8,14H,2-3,6-7H2,1H3. The van der Waals surface area contributed by atoms with Crippen molar-refractivity contribution in [2.24, 2.45) is 0 Å². The van der Waals surface area contributed by atoms with Crippen molar-refractivity contribution in [3.8, 4) is 0 Å². The molecule has 1 aromatic rings. The quantitative estimate of drug-likeness (QED) is 0.759. The van der Waals surface area contributed by atoms with E-state index in [9.17, 15) is 4.39 Å². The Morgan fingerprint density at radius 3 is 2.93 bits per heavy atom. The summed E-state index contributed by atoms with van der Waals surface area (Å²) in [6.07, 6.45) is 0.919. The lowest BCUT2D eigenvalue weighted by Gasteiger charge is -2.06. The van der Waals surface area contributed by atoms with Crippen LogP contribution in [0, 0.1) is 5.82 Å². The van der Waals surface area contributed by atoms with E-state index in [1.54, 1.807) is 12.1 Å². The van der Waals surface area contributed by atoms with Gasteiger partial charge < -0.3 is 10.1 Å². The van der Waals surface area contributed by atoms with Crippen LogP contribution in [0.25, 0.3) is 0 Å². The van der Waals surface area contributed by atoms with Gasteiger partial charge in [0.05, 0.1) is 5.02 Å². The van der Waals surface area contributed by atoms with Gasteiger partial charge in [0.1, 0.15) is 5.82 Å². The van der Waals surface area contributed by atoms with Crippen LogP contribution in [0.15, 0.2) is 18.2 Å². The van der Waals surface area contributed by atoms with Crippen LogP contribution in [0.1, 0.15) is 13.3 Å². The lowest BCUT2D eigenvalue weighted by Crippen LogP contribution is -2.05. The number of nitrogens with one attached hydrogen (secondary N) is 1. The summed E-state index contributed by atoms with van der Waals surface area (Å²) < 4.78 is 18.0. The normalized spacial score (nSPS) is 10.3. The van der Waals surface area contributed by atoms with E-state index in [1.165, 1.54) is 6.07 Å². The van der Waals surface area contributed by atoms with Gasteiger partial charge in [-0.05, 0) is 31.5 Å². The first-order chi connectivity index (χ1) is 7.24. The van der Waals surface area contributed by atoms with Crippen molar-refractivity contribution in [3.05, 3.63) is 29.0 Å². The molecule has 0 unspecified atom stereocenters. The van der Waals surface area contributed by atoms with Gasteiger partial charge in [-0.25, -0.2) is 4.39 Å². The van der Waals surface area contributed by atoms with E-state index in [4.69, 9.17) is 16.3 Å². The molecule has 15 heavy (non-hydrogen) atoms. The van der Waals surface area contributed by atoms with Gasteiger partial charge in [-0.1, -0.05) is 11.6 Å². The molecule has 0 saturated carbocycles. The van der Waals surface area contributed by atoms with Gasteiger partial charge in [-0.15, -0.1) is 0 Å². The van der Waals surface area contributed by atoms with Crippen LogP contribution < -0.4 is 5.32 Å². The SMILES string of the molecule is CCOCCCNc1ccc(F)c(Cl)c1. The Morgan fingerprint density at radius 1 is 1.47 bits per heavy atom. The predicted octanol–water partition coefficient (Wildman–Crippen LogP) is 3.32. The molecule has 4 heteroatoms. The van der Waals surface area contributed by atoms with Crippen LogP contribution in [0.3, 0.4) is 0 Å².